The summed E-state index contributed by atoms with van der Waals surface area (Å²) in [4.78, 5) is 21.8. The van der Waals surface area contributed by atoms with Gasteiger partial charge in [0, 0.05) is 34.0 Å². The number of carboxylic acid groups (broad SMARTS) is 1. The van der Waals surface area contributed by atoms with Crippen molar-refractivity contribution in [2.75, 3.05) is 27.9 Å². The molecule has 0 spiro atoms. The van der Waals surface area contributed by atoms with Gasteiger partial charge in [0.2, 0.25) is 0 Å². The van der Waals surface area contributed by atoms with Gasteiger partial charge in [0.25, 0.3) is 5.69 Å². The van der Waals surface area contributed by atoms with Crippen LogP contribution in [-0.2, 0) is 24.6 Å². The zero-order valence-corrected chi connectivity index (χ0v) is 23.7. The molecule has 0 atom stereocenters. The number of nitro benzene ring substituents is 1. The number of benzene rings is 1. The van der Waals surface area contributed by atoms with Gasteiger partial charge >= 0.3 is 14.8 Å². The van der Waals surface area contributed by atoms with Crippen LogP contribution in [0.25, 0.3) is 0 Å². The smallest absolute Gasteiger partial charge is 0.500 e. The average molecular weight is 669 g/mol. The van der Waals surface area contributed by atoms with Crippen molar-refractivity contribution in [1.29, 1.82) is 0 Å². The second-order valence-corrected chi connectivity index (χ2v) is 8.58. The molecular weight excluding hydrogens is 645 g/mol. The first-order chi connectivity index (χ1) is 12.8. The van der Waals surface area contributed by atoms with Crippen LogP contribution in [0.15, 0.2) is 12.1 Å². The first kappa shape index (κ1) is 24.9. The molecule has 0 bridgehead atoms. The Morgan fingerprint density at radius 2 is 1.82 bits per heavy atom. The molecule has 1 aromatic carbocycles. The molecule has 154 valence electrons. The van der Waals surface area contributed by atoms with E-state index in [-0.39, 0.29) is 29.2 Å². The third kappa shape index (κ3) is 6.28. The molecule has 0 saturated carbocycles. The van der Waals surface area contributed by atoms with Gasteiger partial charge in [0.1, 0.15) is 5.75 Å². The minimum Gasteiger partial charge on any atom is -0.665 e. The minimum absolute atomic E-state index is 0. The molecular formula is C16H24NO9RfSi-. The van der Waals surface area contributed by atoms with E-state index in [0.29, 0.717) is 19.1 Å². The van der Waals surface area contributed by atoms with Crippen LogP contribution in [0.1, 0.15) is 28.8 Å². The van der Waals surface area contributed by atoms with E-state index in [9.17, 15) is 20.0 Å². The van der Waals surface area contributed by atoms with E-state index < -0.39 is 19.7 Å². The van der Waals surface area contributed by atoms with Crippen LogP contribution in [0.3, 0.4) is 0 Å². The topological polar surface area (TPSA) is 127 Å². The number of aromatic carboxylic acids is 1. The SMILES string of the molecule is [CH2-]Oc1cc([N+](=O)[O-])c(COCCCC[Si](OC)(OC)OC)cc1C(=O)O.[Rf]. The van der Waals surface area contributed by atoms with Gasteiger partial charge in [0.05, 0.1) is 28.7 Å². The summed E-state index contributed by atoms with van der Waals surface area (Å²) in [5.74, 6) is -1.46. The average Bonchev–Trinajstić information content (AvgIpc) is 2.67. The molecule has 0 radical (unpaired) electrons. The Morgan fingerprint density at radius 1 is 1.21 bits per heavy atom. The molecule has 12 heteroatoms. The van der Waals surface area contributed by atoms with Crippen LogP contribution in [0.5, 0.6) is 5.75 Å². The Morgan fingerprint density at radius 3 is 2.29 bits per heavy atom. The molecule has 10 nitrogen and oxygen atoms in total. The monoisotopic (exact) mass is 669 g/mol. The van der Waals surface area contributed by atoms with Crippen molar-refractivity contribution in [3.05, 3.63) is 40.5 Å². The normalized spacial score (nSPS) is 11.0. The Hall–Kier alpha value is -3.05. The van der Waals surface area contributed by atoms with Crippen LogP contribution in [-0.4, -0.2) is 52.7 Å². The van der Waals surface area contributed by atoms with E-state index in [1.54, 1.807) is 0 Å². The standard InChI is InChI=1S/C16H24NO9Si.Rf/c1-22-15-10-14(17(20)21)12(9-13(15)16(18)19)11-26-7-5-6-8-27(23-2,24-3)25-4;/h9-10H,1,5-8,11H2,2-4H3,(H,18,19);/q-1;. The first-order valence-electron chi connectivity index (χ1n) is 8.04. The maximum Gasteiger partial charge on any atom is 0.500 e. The molecule has 0 fully saturated rings. The predicted octanol–water partition coefficient (Wildman–Crippen LogP) is 2.64. The summed E-state index contributed by atoms with van der Waals surface area (Å²) in [5, 5.41) is 20.4. The number of carboxylic acids is 1. The molecule has 1 aromatic rings. The molecule has 0 unspecified atom stereocenters. The summed E-state index contributed by atoms with van der Waals surface area (Å²) in [5.41, 5.74) is -0.360. The second kappa shape index (κ2) is 11.6. The summed E-state index contributed by atoms with van der Waals surface area (Å²) in [6.45, 7) is 0.226. The van der Waals surface area contributed by atoms with Crippen molar-refractivity contribution in [1.82, 2.24) is 0 Å². The maximum absolute atomic E-state index is 11.3. The van der Waals surface area contributed by atoms with Gasteiger partial charge in [-0.2, -0.15) is 7.11 Å². The molecule has 0 aromatic heterocycles. The third-order valence-electron chi connectivity index (χ3n) is 3.98. The van der Waals surface area contributed by atoms with Gasteiger partial charge in [-0.05, 0) is 18.9 Å². The first-order valence-corrected chi connectivity index (χ1v) is 9.97. The number of nitro groups is 1. The zero-order valence-electron chi connectivity index (χ0n) is 16.3. The van der Waals surface area contributed by atoms with Gasteiger partial charge in [-0.3, -0.25) is 10.1 Å². The summed E-state index contributed by atoms with van der Waals surface area (Å²) in [6, 6.07) is 2.81. The molecule has 0 amide bonds. The molecule has 1 N–H and O–H groups in total. The summed E-state index contributed by atoms with van der Waals surface area (Å²) in [6.07, 6.45) is 1.38. The van der Waals surface area contributed by atoms with E-state index in [0.717, 1.165) is 12.5 Å². The number of rotatable bonds is 13. The number of carbonyl (C=O) groups is 1. The minimum atomic E-state index is -2.63. The molecule has 0 heterocycles. The number of ether oxygens (including phenoxy) is 2. The zero-order chi connectivity index (χ0) is 20.4. The van der Waals surface area contributed by atoms with Crippen molar-refractivity contribution >= 4 is 20.5 Å². The Balaban J connectivity index is 0.00000729. The van der Waals surface area contributed by atoms with Crippen LogP contribution in [0, 0.1) is 17.2 Å². The van der Waals surface area contributed by atoms with Crippen LogP contribution in [0.2, 0.25) is 6.04 Å². The van der Waals surface area contributed by atoms with Crippen molar-refractivity contribution in [3.63, 3.8) is 0 Å². The number of hydrogen-bond donors (Lipinski definition) is 1. The summed E-state index contributed by atoms with van der Waals surface area (Å²) < 4.78 is 26.1. The van der Waals surface area contributed by atoms with Gasteiger partial charge < -0.3 is 27.9 Å². The largest absolute Gasteiger partial charge is 0.665 e. The van der Waals surface area contributed by atoms with Crippen LogP contribution in [0.4, 0.5) is 5.69 Å². The Kier molecular flexibility index (Phi) is 10.3. The number of hydrogen-bond acceptors (Lipinski definition) is 8. The van der Waals surface area contributed by atoms with E-state index in [2.05, 4.69) is 11.8 Å². The van der Waals surface area contributed by atoms with Crippen LogP contribution < -0.4 is 4.74 Å². The molecule has 0 aliphatic heterocycles. The van der Waals surface area contributed by atoms with Gasteiger partial charge in [-0.15, -0.1) is 0 Å². The van der Waals surface area contributed by atoms with Crippen LogP contribution >= 0.6 is 0 Å². The van der Waals surface area contributed by atoms with Crippen molar-refractivity contribution in [2.45, 2.75) is 25.5 Å². The van der Waals surface area contributed by atoms with Crippen molar-refractivity contribution in [3.8, 4) is 5.75 Å². The summed E-state index contributed by atoms with van der Waals surface area (Å²) in [7, 11) is 5.10. The Labute approximate surface area is 158 Å². The summed E-state index contributed by atoms with van der Waals surface area (Å²) >= 11 is 0. The predicted molar refractivity (Wildman–Crippen MR) is 96.5 cm³/mol. The maximum atomic E-state index is 11.3. The van der Waals surface area contributed by atoms with Gasteiger partial charge in [0.15, 0.2) is 0 Å². The Bertz CT molecular complexity index is 647. The molecule has 0 aliphatic rings. The fraction of sp³-hybridized carbons (Fsp3) is 0.500. The van der Waals surface area contributed by atoms with Gasteiger partial charge in [-0.25, -0.2) is 4.79 Å². The fourth-order valence-electron chi connectivity index (χ4n) is 2.47. The van der Waals surface area contributed by atoms with E-state index in [4.69, 9.17) is 18.0 Å². The second-order valence-electron chi connectivity index (χ2n) is 5.49. The van der Waals surface area contributed by atoms with E-state index in [1.165, 1.54) is 27.4 Å². The molecule has 0 aliphatic carbocycles. The van der Waals surface area contributed by atoms with Crippen molar-refractivity contribution < 1.29 is 37.6 Å². The molecule has 0 saturated heterocycles. The van der Waals surface area contributed by atoms with Crippen molar-refractivity contribution in [2.24, 2.45) is 0 Å². The fourth-order valence-corrected chi connectivity index (χ4v) is 4.27. The van der Waals surface area contributed by atoms with E-state index in [1.807, 2.05) is 0 Å². The number of unbranched alkanes of at least 4 members (excludes halogenated alkanes) is 1. The number of nitrogens with zero attached hydrogens (tertiary/aromatic N) is 1. The van der Waals surface area contributed by atoms with Gasteiger partial charge in [-0.1, -0.05) is 0 Å². The molecule has 28 heavy (non-hydrogen) atoms. The molecule has 1 rings (SSSR count). The quantitative estimate of drug-likeness (QED) is 0.111. The van der Waals surface area contributed by atoms with E-state index >= 15 is 0 Å². The third-order valence-corrected chi connectivity index (χ3v) is 6.81.